The average molecular weight is 302 g/mol. The van der Waals surface area contributed by atoms with Crippen molar-refractivity contribution in [1.82, 2.24) is 10.3 Å². The van der Waals surface area contributed by atoms with Crippen LogP contribution >= 0.6 is 11.3 Å². The molecule has 3 heteroatoms. The summed E-state index contributed by atoms with van der Waals surface area (Å²) in [6.45, 7) is 8.71. The Morgan fingerprint density at radius 3 is 2.52 bits per heavy atom. The van der Waals surface area contributed by atoms with Crippen LogP contribution in [0.4, 0.5) is 0 Å². The smallest absolute Gasteiger partial charge is 0.0897 e. The van der Waals surface area contributed by atoms with Crippen LogP contribution < -0.4 is 5.32 Å². The molecule has 0 radical (unpaired) electrons. The van der Waals surface area contributed by atoms with Crippen LogP contribution in [0.2, 0.25) is 0 Å². The Morgan fingerprint density at radius 2 is 1.90 bits per heavy atom. The van der Waals surface area contributed by atoms with Crippen LogP contribution in [-0.2, 0) is 6.42 Å². The first-order valence-electron chi connectivity index (χ1n) is 7.82. The molecule has 2 rings (SSSR count). The van der Waals surface area contributed by atoms with Gasteiger partial charge in [-0.05, 0) is 43.7 Å². The van der Waals surface area contributed by atoms with Crippen molar-refractivity contribution in [3.63, 3.8) is 0 Å². The topological polar surface area (TPSA) is 24.9 Å². The molecule has 1 aromatic heterocycles. The molecule has 114 valence electrons. The fourth-order valence-electron chi connectivity index (χ4n) is 2.50. The standard InChI is InChI=1S/C18H26N2S/c1-14(2)11-19-12-17(16-7-5-4-6-8-16)9-10-18-13-21-15(3)20-18/h4-8,13-14,17,19H,9-12H2,1-3H3. The zero-order chi connectivity index (χ0) is 15.1. The maximum atomic E-state index is 4.58. The molecule has 21 heavy (non-hydrogen) atoms. The molecule has 0 amide bonds. The number of aromatic nitrogens is 1. The Labute approximate surface area is 132 Å². The van der Waals surface area contributed by atoms with E-state index in [1.807, 2.05) is 0 Å². The molecule has 1 atom stereocenters. The van der Waals surface area contributed by atoms with Crippen molar-refractivity contribution in [2.75, 3.05) is 13.1 Å². The highest BCUT2D eigenvalue weighted by Crippen LogP contribution is 2.22. The lowest BCUT2D eigenvalue weighted by Gasteiger charge is -2.18. The van der Waals surface area contributed by atoms with Gasteiger partial charge in [-0.3, -0.25) is 0 Å². The molecule has 1 N–H and O–H groups in total. The van der Waals surface area contributed by atoms with Crippen LogP contribution in [0.5, 0.6) is 0 Å². The summed E-state index contributed by atoms with van der Waals surface area (Å²) in [4.78, 5) is 4.58. The van der Waals surface area contributed by atoms with Crippen molar-refractivity contribution in [2.45, 2.75) is 39.5 Å². The minimum Gasteiger partial charge on any atom is -0.316 e. The first kappa shape index (κ1) is 16.2. The number of aryl methyl sites for hydroxylation is 2. The predicted octanol–water partition coefficient (Wildman–Crippen LogP) is 4.41. The highest BCUT2D eigenvalue weighted by molar-refractivity contribution is 7.09. The van der Waals surface area contributed by atoms with E-state index >= 15 is 0 Å². The number of rotatable bonds is 8. The van der Waals surface area contributed by atoms with Crippen molar-refractivity contribution in [3.8, 4) is 0 Å². The maximum absolute atomic E-state index is 4.58. The summed E-state index contributed by atoms with van der Waals surface area (Å²) in [5, 5.41) is 6.97. The highest BCUT2D eigenvalue weighted by Gasteiger charge is 2.12. The van der Waals surface area contributed by atoms with E-state index in [1.54, 1.807) is 11.3 Å². The van der Waals surface area contributed by atoms with Crippen LogP contribution in [-0.4, -0.2) is 18.1 Å². The molecule has 1 unspecified atom stereocenters. The molecule has 0 aliphatic rings. The average Bonchev–Trinajstić information content (AvgIpc) is 2.89. The van der Waals surface area contributed by atoms with E-state index in [0.29, 0.717) is 11.8 Å². The molecule has 2 aromatic rings. The van der Waals surface area contributed by atoms with E-state index in [1.165, 1.54) is 16.3 Å². The van der Waals surface area contributed by atoms with Crippen molar-refractivity contribution in [3.05, 3.63) is 52.0 Å². The highest BCUT2D eigenvalue weighted by atomic mass is 32.1. The van der Waals surface area contributed by atoms with E-state index < -0.39 is 0 Å². The third-order valence-electron chi connectivity index (χ3n) is 3.63. The Bertz CT molecular complexity index is 519. The van der Waals surface area contributed by atoms with E-state index in [9.17, 15) is 0 Å². The molecule has 2 nitrogen and oxygen atoms in total. The molecule has 0 spiro atoms. The summed E-state index contributed by atoms with van der Waals surface area (Å²) in [6.07, 6.45) is 2.21. The Balaban J connectivity index is 1.94. The van der Waals surface area contributed by atoms with Gasteiger partial charge in [0.2, 0.25) is 0 Å². The van der Waals surface area contributed by atoms with Gasteiger partial charge in [-0.15, -0.1) is 11.3 Å². The second-order valence-electron chi connectivity index (χ2n) is 6.06. The lowest BCUT2D eigenvalue weighted by atomic mass is 9.93. The molecule has 0 aliphatic carbocycles. The Morgan fingerprint density at radius 1 is 1.14 bits per heavy atom. The van der Waals surface area contributed by atoms with Crippen LogP contribution in [0, 0.1) is 12.8 Å². The number of thiazole rings is 1. The first-order valence-corrected chi connectivity index (χ1v) is 8.69. The monoisotopic (exact) mass is 302 g/mol. The van der Waals surface area contributed by atoms with Gasteiger partial charge in [0, 0.05) is 11.9 Å². The van der Waals surface area contributed by atoms with E-state index in [-0.39, 0.29) is 0 Å². The summed E-state index contributed by atoms with van der Waals surface area (Å²) in [6, 6.07) is 10.9. The summed E-state index contributed by atoms with van der Waals surface area (Å²) in [5.41, 5.74) is 2.67. The van der Waals surface area contributed by atoms with Gasteiger partial charge in [-0.25, -0.2) is 4.98 Å². The number of nitrogens with zero attached hydrogens (tertiary/aromatic N) is 1. The lowest BCUT2D eigenvalue weighted by Crippen LogP contribution is -2.25. The SMILES string of the molecule is Cc1nc(CCC(CNCC(C)C)c2ccccc2)cs1. The molecule has 1 aromatic carbocycles. The molecule has 0 fully saturated rings. The van der Waals surface area contributed by atoms with Crippen LogP contribution in [0.15, 0.2) is 35.7 Å². The van der Waals surface area contributed by atoms with Crippen LogP contribution in [0.25, 0.3) is 0 Å². The second-order valence-corrected chi connectivity index (χ2v) is 7.12. The normalized spacial score (nSPS) is 12.8. The van der Waals surface area contributed by atoms with Gasteiger partial charge in [-0.1, -0.05) is 44.2 Å². The van der Waals surface area contributed by atoms with Gasteiger partial charge in [0.1, 0.15) is 0 Å². The number of hydrogen-bond acceptors (Lipinski definition) is 3. The molecule has 0 bridgehead atoms. The first-order chi connectivity index (χ1) is 10.1. The second kappa shape index (κ2) is 8.30. The van der Waals surface area contributed by atoms with Gasteiger partial charge in [0.25, 0.3) is 0 Å². The Hall–Kier alpha value is -1.19. The fraction of sp³-hybridized carbons (Fsp3) is 0.500. The third-order valence-corrected chi connectivity index (χ3v) is 4.45. The molecular formula is C18H26N2S. The summed E-state index contributed by atoms with van der Waals surface area (Å²) >= 11 is 1.75. The number of hydrogen-bond donors (Lipinski definition) is 1. The fourth-order valence-corrected chi connectivity index (χ4v) is 3.15. The van der Waals surface area contributed by atoms with Gasteiger partial charge in [0.05, 0.1) is 10.7 Å². The number of benzene rings is 1. The predicted molar refractivity (Wildman–Crippen MR) is 92.1 cm³/mol. The third kappa shape index (κ3) is 5.60. The van der Waals surface area contributed by atoms with E-state index in [2.05, 4.69) is 66.8 Å². The van der Waals surface area contributed by atoms with Gasteiger partial charge >= 0.3 is 0 Å². The lowest BCUT2D eigenvalue weighted by molar-refractivity contribution is 0.499. The van der Waals surface area contributed by atoms with Crippen molar-refractivity contribution < 1.29 is 0 Å². The zero-order valence-electron chi connectivity index (χ0n) is 13.3. The quantitative estimate of drug-likeness (QED) is 0.781. The molecule has 0 saturated heterocycles. The summed E-state index contributed by atoms with van der Waals surface area (Å²) in [7, 11) is 0. The van der Waals surface area contributed by atoms with Gasteiger partial charge in [0.15, 0.2) is 0 Å². The van der Waals surface area contributed by atoms with E-state index in [4.69, 9.17) is 0 Å². The van der Waals surface area contributed by atoms with Crippen molar-refractivity contribution >= 4 is 11.3 Å². The largest absolute Gasteiger partial charge is 0.316 e. The van der Waals surface area contributed by atoms with Crippen molar-refractivity contribution in [1.29, 1.82) is 0 Å². The summed E-state index contributed by atoms with van der Waals surface area (Å²) < 4.78 is 0. The number of nitrogens with one attached hydrogen (secondary N) is 1. The van der Waals surface area contributed by atoms with Crippen LogP contribution in [0.3, 0.4) is 0 Å². The van der Waals surface area contributed by atoms with E-state index in [0.717, 1.165) is 25.9 Å². The molecule has 0 aliphatic heterocycles. The summed E-state index contributed by atoms with van der Waals surface area (Å²) in [5.74, 6) is 1.26. The minimum atomic E-state index is 0.562. The Kier molecular flexibility index (Phi) is 6.40. The van der Waals surface area contributed by atoms with Gasteiger partial charge < -0.3 is 5.32 Å². The maximum Gasteiger partial charge on any atom is 0.0897 e. The molecule has 0 saturated carbocycles. The van der Waals surface area contributed by atoms with Crippen molar-refractivity contribution in [2.24, 2.45) is 5.92 Å². The minimum absolute atomic E-state index is 0.562. The molecular weight excluding hydrogens is 276 g/mol. The molecule has 1 heterocycles. The zero-order valence-corrected chi connectivity index (χ0v) is 14.1. The van der Waals surface area contributed by atoms with Crippen LogP contribution in [0.1, 0.15) is 42.5 Å². The van der Waals surface area contributed by atoms with Gasteiger partial charge in [-0.2, -0.15) is 0 Å².